The number of amides is 1. The maximum atomic E-state index is 10.0. The second-order valence-electron chi connectivity index (χ2n) is 1.03. The minimum atomic E-state index is -0.197. The third-order valence-electron chi connectivity index (χ3n) is 0.312. The molecule has 0 aromatic heterocycles. The lowest BCUT2D eigenvalue weighted by atomic mass is 10.8. The highest BCUT2D eigenvalue weighted by Gasteiger charge is 1.94. The van der Waals surface area contributed by atoms with E-state index in [4.69, 9.17) is 0 Å². The molecule has 1 amide bonds. The lowest BCUT2D eigenvalue weighted by Gasteiger charge is -1.98. The lowest BCUT2D eigenvalue weighted by Crippen LogP contribution is -2.21. The Morgan fingerprint density at radius 3 is 2.29 bits per heavy atom. The maximum absolute atomic E-state index is 10.0. The summed E-state index contributed by atoms with van der Waals surface area (Å²) in [5.41, 5.74) is 0. The highest BCUT2D eigenvalue weighted by molar-refractivity contribution is 9.18. The van der Waals surface area contributed by atoms with Crippen LogP contribution >= 0.6 is 31.9 Å². The molecule has 1 unspecified atom stereocenters. The monoisotopic (exact) mass is 229 g/mol. The zero-order chi connectivity index (χ0) is 5.86. The van der Waals surface area contributed by atoms with Crippen molar-refractivity contribution >= 4 is 36.7 Å². The predicted molar refractivity (Wildman–Crippen MR) is 35.8 cm³/mol. The summed E-state index contributed by atoms with van der Waals surface area (Å²) in [6.45, 7) is 1.82. The van der Waals surface area contributed by atoms with Gasteiger partial charge in [-0.2, -0.15) is 0 Å². The average Bonchev–Trinajstić information content (AvgIpc) is 1.27. The molecule has 0 fully saturated rings. The molecule has 7 heavy (non-hydrogen) atoms. The number of carbonyl (C=O) groups excluding carboxylic acids is 1. The Labute approximate surface area is 58.9 Å². The van der Waals surface area contributed by atoms with Crippen LogP contribution in [0.3, 0.4) is 0 Å². The summed E-state index contributed by atoms with van der Waals surface area (Å²) in [7, 11) is 0. The summed E-state index contributed by atoms with van der Waals surface area (Å²) >= 11 is 5.81. The van der Waals surface area contributed by atoms with Gasteiger partial charge >= 0.3 is 0 Å². The summed E-state index contributed by atoms with van der Waals surface area (Å²) in [5, 5.41) is 2.50. The Kier molecular flexibility index (Phi) is 3.65. The largest absolute Gasteiger partial charge is 0.335 e. The van der Waals surface area contributed by atoms with Crippen LogP contribution in [0, 0.1) is 0 Å². The summed E-state index contributed by atoms with van der Waals surface area (Å²) in [4.78, 5) is 9.87. The number of hydrogen-bond acceptors (Lipinski definition) is 1. The van der Waals surface area contributed by atoms with E-state index >= 15 is 0 Å². The number of halogens is 2. The molecule has 0 aliphatic carbocycles. The van der Waals surface area contributed by atoms with Gasteiger partial charge in [-0.25, -0.2) is 0 Å². The topological polar surface area (TPSA) is 29.1 Å². The first-order valence-electron chi connectivity index (χ1n) is 1.73. The van der Waals surface area contributed by atoms with Gasteiger partial charge in [-0.1, -0.05) is 15.9 Å². The van der Waals surface area contributed by atoms with E-state index in [1.807, 2.05) is 6.92 Å². The van der Waals surface area contributed by atoms with Crippen molar-refractivity contribution < 1.29 is 4.79 Å². The second kappa shape index (κ2) is 3.43. The Morgan fingerprint density at radius 1 is 1.86 bits per heavy atom. The molecule has 0 rings (SSSR count). The molecule has 4 heteroatoms. The van der Waals surface area contributed by atoms with E-state index in [1.165, 1.54) is 0 Å². The molecule has 42 valence electrons. The van der Waals surface area contributed by atoms with Crippen LogP contribution < -0.4 is 5.32 Å². The molecule has 0 saturated carbocycles. The van der Waals surface area contributed by atoms with Crippen LogP contribution in [-0.4, -0.2) is 9.77 Å². The first-order chi connectivity index (χ1) is 3.13. The fourth-order valence-electron chi connectivity index (χ4n) is 0.156. The molecule has 1 atom stereocenters. The molecule has 2 nitrogen and oxygen atoms in total. The molecule has 0 aliphatic rings. The van der Waals surface area contributed by atoms with Crippen LogP contribution in [-0.2, 0) is 0 Å². The predicted octanol–water partition coefficient (Wildman–Crippen LogP) is 1.83. The van der Waals surface area contributed by atoms with Gasteiger partial charge in [0.25, 0.3) is 4.82 Å². The van der Waals surface area contributed by atoms with Crippen molar-refractivity contribution in [2.24, 2.45) is 0 Å². The van der Waals surface area contributed by atoms with Crippen LogP contribution in [0.1, 0.15) is 6.92 Å². The standard InChI is InChI=1S/C3H5Br2NO/c1-2(4)6-3(5)7/h2H,1H3,(H,6,7). The molecule has 0 radical (unpaired) electrons. The summed E-state index contributed by atoms with van der Waals surface area (Å²) in [6, 6.07) is 0. The van der Waals surface area contributed by atoms with Gasteiger partial charge in [0, 0.05) is 15.9 Å². The Bertz CT molecular complexity index is 73.3. The number of nitrogens with one attached hydrogen (secondary N) is 1. The minimum absolute atomic E-state index is 0.0411. The van der Waals surface area contributed by atoms with Crippen LogP contribution in [0.25, 0.3) is 0 Å². The molecule has 0 aromatic rings. The van der Waals surface area contributed by atoms with Gasteiger partial charge < -0.3 is 5.32 Å². The first-order valence-corrected chi connectivity index (χ1v) is 3.44. The highest BCUT2D eigenvalue weighted by atomic mass is 79.9. The third kappa shape index (κ3) is 6.43. The molecule has 0 aliphatic heterocycles. The smallest absolute Gasteiger partial charge is 0.288 e. The minimum Gasteiger partial charge on any atom is -0.335 e. The van der Waals surface area contributed by atoms with Gasteiger partial charge in [0.05, 0.1) is 4.95 Å². The van der Waals surface area contributed by atoms with E-state index in [1.54, 1.807) is 0 Å². The van der Waals surface area contributed by atoms with Gasteiger partial charge in [0.1, 0.15) is 0 Å². The van der Waals surface area contributed by atoms with E-state index in [-0.39, 0.29) is 9.77 Å². The van der Waals surface area contributed by atoms with Crippen molar-refractivity contribution in [1.29, 1.82) is 0 Å². The van der Waals surface area contributed by atoms with Gasteiger partial charge in [0.15, 0.2) is 0 Å². The summed E-state index contributed by atoms with van der Waals surface area (Å²) < 4.78 is 0. The number of rotatable bonds is 1. The van der Waals surface area contributed by atoms with E-state index in [9.17, 15) is 4.79 Å². The average molecular weight is 231 g/mol. The quantitative estimate of drug-likeness (QED) is 0.416. The molecule has 1 N–H and O–H groups in total. The Morgan fingerprint density at radius 2 is 2.29 bits per heavy atom. The molecule has 0 saturated heterocycles. The number of alkyl halides is 1. The van der Waals surface area contributed by atoms with Crippen molar-refractivity contribution in [3.8, 4) is 0 Å². The molecule has 0 bridgehead atoms. The Balaban J connectivity index is 3.13. The van der Waals surface area contributed by atoms with E-state index < -0.39 is 0 Å². The zero-order valence-electron chi connectivity index (χ0n) is 3.74. The molecule has 0 heterocycles. The maximum Gasteiger partial charge on any atom is 0.288 e. The van der Waals surface area contributed by atoms with E-state index in [2.05, 4.69) is 37.2 Å². The molecule has 0 spiro atoms. The normalized spacial score (nSPS) is 13.0. The van der Waals surface area contributed by atoms with Gasteiger partial charge in [-0.3, -0.25) is 4.79 Å². The van der Waals surface area contributed by atoms with Crippen LogP contribution in [0.4, 0.5) is 4.79 Å². The number of hydrogen-bond donors (Lipinski definition) is 1. The molecular formula is C3H5Br2NO. The van der Waals surface area contributed by atoms with Crippen molar-refractivity contribution in [2.75, 3.05) is 0 Å². The fraction of sp³-hybridized carbons (Fsp3) is 0.667. The SMILES string of the molecule is CC(Br)NC(=O)Br. The van der Waals surface area contributed by atoms with Gasteiger partial charge in [0.2, 0.25) is 0 Å². The van der Waals surface area contributed by atoms with E-state index in [0.717, 1.165) is 0 Å². The highest BCUT2D eigenvalue weighted by Crippen LogP contribution is 1.93. The first kappa shape index (κ1) is 7.43. The lowest BCUT2D eigenvalue weighted by molar-refractivity contribution is 0.261. The van der Waals surface area contributed by atoms with Crippen LogP contribution in [0.2, 0.25) is 0 Å². The van der Waals surface area contributed by atoms with Gasteiger partial charge in [-0.15, -0.1) is 0 Å². The molecule has 0 aromatic carbocycles. The van der Waals surface area contributed by atoms with Crippen molar-refractivity contribution in [2.45, 2.75) is 11.9 Å². The summed E-state index contributed by atoms with van der Waals surface area (Å²) in [5.74, 6) is 0. The van der Waals surface area contributed by atoms with E-state index in [0.29, 0.717) is 0 Å². The molecular weight excluding hydrogens is 226 g/mol. The zero-order valence-corrected chi connectivity index (χ0v) is 6.91. The van der Waals surface area contributed by atoms with Crippen LogP contribution in [0.15, 0.2) is 0 Å². The van der Waals surface area contributed by atoms with Crippen molar-refractivity contribution in [3.63, 3.8) is 0 Å². The third-order valence-corrected chi connectivity index (χ3v) is 0.770. The van der Waals surface area contributed by atoms with Crippen molar-refractivity contribution in [1.82, 2.24) is 5.32 Å². The van der Waals surface area contributed by atoms with Crippen LogP contribution in [0.5, 0.6) is 0 Å². The fourth-order valence-corrected chi connectivity index (χ4v) is 1.01. The Hall–Kier alpha value is 0.430. The second-order valence-corrected chi connectivity index (χ2v) is 3.13. The number of carbonyl (C=O) groups is 1. The van der Waals surface area contributed by atoms with Crippen molar-refractivity contribution in [3.05, 3.63) is 0 Å². The van der Waals surface area contributed by atoms with Gasteiger partial charge in [-0.05, 0) is 6.92 Å². The summed E-state index contributed by atoms with van der Waals surface area (Å²) in [6.07, 6.45) is 0.